The molecule has 3 rings (SSSR count). The van der Waals surface area contributed by atoms with Crippen molar-refractivity contribution in [2.45, 2.75) is 26.0 Å². The molecule has 0 saturated heterocycles. The molecule has 1 aliphatic heterocycles. The van der Waals surface area contributed by atoms with Gasteiger partial charge in [-0.25, -0.2) is 8.42 Å². The lowest BCUT2D eigenvalue weighted by molar-refractivity contribution is -0.128. The van der Waals surface area contributed by atoms with Crippen molar-refractivity contribution in [3.63, 3.8) is 0 Å². The van der Waals surface area contributed by atoms with Crippen molar-refractivity contribution >= 4 is 21.6 Å². The molecule has 1 heterocycles. The summed E-state index contributed by atoms with van der Waals surface area (Å²) in [4.78, 5) is 12.7. The topological polar surface area (TPSA) is 75.7 Å². The first-order valence-electron chi connectivity index (χ1n) is 8.36. The Bertz CT molecular complexity index is 912. The first-order valence-corrected chi connectivity index (χ1v) is 10.2. The van der Waals surface area contributed by atoms with Gasteiger partial charge in [0, 0.05) is 0 Å². The maximum absolute atomic E-state index is 12.7. The van der Waals surface area contributed by atoms with E-state index in [0.29, 0.717) is 11.4 Å². The number of carbonyl (C=O) groups excluding carboxylic acids is 1. The fraction of sp³-hybridized carbons (Fsp3) is 0.316. The molecule has 138 valence electrons. The van der Waals surface area contributed by atoms with Crippen molar-refractivity contribution in [2.24, 2.45) is 0 Å². The highest BCUT2D eigenvalue weighted by atomic mass is 32.2. The first-order chi connectivity index (χ1) is 12.3. The molecule has 0 aliphatic carbocycles. The molecule has 1 aliphatic rings. The molecule has 0 saturated carbocycles. The van der Waals surface area contributed by atoms with E-state index in [1.54, 1.807) is 12.1 Å². The number of nitrogens with zero attached hydrogens (tertiary/aromatic N) is 1. The molecule has 6 nitrogen and oxygen atoms in total. The van der Waals surface area contributed by atoms with Crippen LogP contribution in [0.15, 0.2) is 48.5 Å². The van der Waals surface area contributed by atoms with Crippen molar-refractivity contribution in [2.75, 3.05) is 17.1 Å². The summed E-state index contributed by atoms with van der Waals surface area (Å²) < 4.78 is 31.4. The lowest BCUT2D eigenvalue weighted by Crippen LogP contribution is -2.50. The fourth-order valence-corrected chi connectivity index (χ4v) is 3.85. The number of sulfonamides is 1. The normalized spacial score (nSPS) is 17.8. The van der Waals surface area contributed by atoms with Gasteiger partial charge in [-0.1, -0.05) is 36.4 Å². The minimum atomic E-state index is -3.53. The van der Waals surface area contributed by atoms with Gasteiger partial charge < -0.3 is 10.1 Å². The Kier molecular flexibility index (Phi) is 4.91. The average molecular weight is 374 g/mol. The average Bonchev–Trinajstić information content (AvgIpc) is 2.60. The van der Waals surface area contributed by atoms with E-state index in [0.717, 1.165) is 17.4 Å². The van der Waals surface area contributed by atoms with E-state index in [9.17, 15) is 13.2 Å². The van der Waals surface area contributed by atoms with Gasteiger partial charge in [-0.3, -0.25) is 9.10 Å². The standard InChI is InChI=1S/C19H22N2O4S/c1-13-9-10-17-16(11-13)21(26(3,23)24)12-18(25-17)19(22)20-14(2)15-7-5-4-6-8-15/h4-11,14,18H,12H2,1-3H3,(H,20,22)/t14-,18-/m0/s1. The summed E-state index contributed by atoms with van der Waals surface area (Å²) in [5.74, 6) is 0.0426. The Labute approximate surface area is 153 Å². The van der Waals surface area contributed by atoms with Crippen LogP contribution in [-0.4, -0.2) is 33.2 Å². The number of amides is 1. The van der Waals surface area contributed by atoms with Crippen molar-refractivity contribution in [1.29, 1.82) is 0 Å². The number of fused-ring (bicyclic) bond motifs is 1. The zero-order valence-corrected chi connectivity index (χ0v) is 15.8. The largest absolute Gasteiger partial charge is 0.476 e. The summed E-state index contributed by atoms with van der Waals surface area (Å²) in [7, 11) is -3.53. The fourth-order valence-electron chi connectivity index (χ4n) is 2.94. The van der Waals surface area contributed by atoms with Gasteiger partial charge in [0.15, 0.2) is 6.10 Å². The highest BCUT2D eigenvalue weighted by molar-refractivity contribution is 7.92. The van der Waals surface area contributed by atoms with E-state index in [1.807, 2.05) is 50.2 Å². The van der Waals surface area contributed by atoms with Crippen LogP contribution < -0.4 is 14.4 Å². The molecule has 0 spiro atoms. The molecule has 1 amide bonds. The Morgan fingerprint density at radius 2 is 1.92 bits per heavy atom. The van der Waals surface area contributed by atoms with E-state index in [1.165, 1.54) is 4.31 Å². The van der Waals surface area contributed by atoms with Gasteiger partial charge in [0.05, 0.1) is 24.5 Å². The molecular weight excluding hydrogens is 352 g/mol. The number of hydrogen-bond donors (Lipinski definition) is 1. The number of aryl methyl sites for hydroxylation is 1. The van der Waals surface area contributed by atoms with Crippen LogP contribution in [0, 0.1) is 6.92 Å². The second-order valence-electron chi connectivity index (χ2n) is 6.51. The molecule has 1 N–H and O–H groups in total. The van der Waals surface area contributed by atoms with Gasteiger partial charge in [0.2, 0.25) is 10.0 Å². The van der Waals surface area contributed by atoms with Gasteiger partial charge in [-0.2, -0.15) is 0 Å². The molecule has 0 bridgehead atoms. The van der Waals surface area contributed by atoms with E-state index < -0.39 is 16.1 Å². The van der Waals surface area contributed by atoms with Crippen molar-refractivity contribution in [3.8, 4) is 5.75 Å². The molecule has 2 atom stereocenters. The van der Waals surface area contributed by atoms with Crippen molar-refractivity contribution in [3.05, 3.63) is 59.7 Å². The summed E-state index contributed by atoms with van der Waals surface area (Å²) in [6.07, 6.45) is 0.220. The van der Waals surface area contributed by atoms with Gasteiger partial charge in [0.25, 0.3) is 5.91 Å². The number of hydrogen-bond acceptors (Lipinski definition) is 4. The molecule has 2 aromatic rings. The lowest BCUT2D eigenvalue weighted by Gasteiger charge is -2.34. The van der Waals surface area contributed by atoms with Crippen LogP contribution in [-0.2, 0) is 14.8 Å². The predicted octanol–water partition coefficient (Wildman–Crippen LogP) is 2.40. The zero-order chi connectivity index (χ0) is 18.9. The van der Waals surface area contributed by atoms with Crippen LogP contribution in [0.4, 0.5) is 5.69 Å². The highest BCUT2D eigenvalue weighted by Gasteiger charge is 2.35. The smallest absolute Gasteiger partial charge is 0.263 e. The second kappa shape index (κ2) is 6.99. The van der Waals surface area contributed by atoms with Crippen LogP contribution in [0.5, 0.6) is 5.75 Å². The number of ether oxygens (including phenoxy) is 1. The van der Waals surface area contributed by atoms with Crippen LogP contribution >= 0.6 is 0 Å². The molecule has 26 heavy (non-hydrogen) atoms. The SMILES string of the molecule is Cc1ccc2c(c1)N(S(C)(=O)=O)C[C@@H](C(=O)N[C@@H](C)c1ccccc1)O2. The first kappa shape index (κ1) is 18.3. The summed E-state index contributed by atoms with van der Waals surface area (Å²) in [5, 5.41) is 2.89. The third-order valence-corrected chi connectivity index (χ3v) is 5.48. The summed E-state index contributed by atoms with van der Waals surface area (Å²) >= 11 is 0. The van der Waals surface area contributed by atoms with E-state index >= 15 is 0 Å². The van der Waals surface area contributed by atoms with E-state index in [-0.39, 0.29) is 18.5 Å². The predicted molar refractivity (Wildman–Crippen MR) is 101 cm³/mol. The third-order valence-electron chi connectivity index (χ3n) is 4.34. The third kappa shape index (κ3) is 3.83. The summed E-state index contributed by atoms with van der Waals surface area (Å²) in [6, 6.07) is 14.6. The monoisotopic (exact) mass is 374 g/mol. The minimum Gasteiger partial charge on any atom is -0.476 e. The molecule has 0 fully saturated rings. The maximum Gasteiger partial charge on any atom is 0.263 e. The van der Waals surface area contributed by atoms with Gasteiger partial charge >= 0.3 is 0 Å². The van der Waals surface area contributed by atoms with Gasteiger partial charge in [-0.15, -0.1) is 0 Å². The molecule has 2 aromatic carbocycles. The Hall–Kier alpha value is -2.54. The number of nitrogens with one attached hydrogen (secondary N) is 1. The molecule has 0 unspecified atom stereocenters. The van der Waals surface area contributed by atoms with Crippen molar-refractivity contribution < 1.29 is 17.9 Å². The van der Waals surface area contributed by atoms with Gasteiger partial charge in [0.1, 0.15) is 5.75 Å². The zero-order valence-electron chi connectivity index (χ0n) is 15.0. The molecule has 7 heteroatoms. The van der Waals surface area contributed by atoms with E-state index in [4.69, 9.17) is 4.74 Å². The minimum absolute atomic E-state index is 0.0529. The lowest BCUT2D eigenvalue weighted by atomic mass is 10.1. The van der Waals surface area contributed by atoms with Crippen LogP contribution in [0.3, 0.4) is 0 Å². The van der Waals surface area contributed by atoms with E-state index in [2.05, 4.69) is 5.32 Å². The Morgan fingerprint density at radius 1 is 1.23 bits per heavy atom. The Morgan fingerprint density at radius 3 is 2.58 bits per heavy atom. The quantitative estimate of drug-likeness (QED) is 0.892. The van der Waals surface area contributed by atoms with Crippen LogP contribution in [0.25, 0.3) is 0 Å². The molecule has 0 radical (unpaired) electrons. The molecular formula is C19H22N2O4S. The number of anilines is 1. The van der Waals surface area contributed by atoms with Crippen LogP contribution in [0.1, 0.15) is 24.1 Å². The van der Waals surface area contributed by atoms with Crippen LogP contribution in [0.2, 0.25) is 0 Å². The maximum atomic E-state index is 12.7. The second-order valence-corrected chi connectivity index (χ2v) is 8.42. The summed E-state index contributed by atoms with van der Waals surface area (Å²) in [6.45, 7) is 3.70. The Balaban J connectivity index is 1.83. The van der Waals surface area contributed by atoms with Crippen molar-refractivity contribution in [1.82, 2.24) is 5.32 Å². The number of benzene rings is 2. The highest BCUT2D eigenvalue weighted by Crippen LogP contribution is 2.35. The number of rotatable bonds is 4. The summed E-state index contributed by atoms with van der Waals surface area (Å²) in [5.41, 5.74) is 2.35. The van der Waals surface area contributed by atoms with Gasteiger partial charge in [-0.05, 0) is 37.1 Å². The number of carbonyl (C=O) groups is 1. The molecule has 0 aromatic heterocycles.